The summed E-state index contributed by atoms with van der Waals surface area (Å²) in [5.41, 5.74) is 1.13. The van der Waals surface area contributed by atoms with Crippen molar-refractivity contribution in [3.05, 3.63) is 28.7 Å². The fraction of sp³-hybridized carbons (Fsp3) is 0.500. The molecule has 0 spiro atoms. The molecule has 12 heavy (non-hydrogen) atoms. The van der Waals surface area contributed by atoms with Crippen LogP contribution in [0.4, 0.5) is 0 Å². The van der Waals surface area contributed by atoms with Gasteiger partial charge < -0.3 is 5.21 Å². The summed E-state index contributed by atoms with van der Waals surface area (Å²) in [5, 5.41) is 10.0. The van der Waals surface area contributed by atoms with Gasteiger partial charge in [-0.3, -0.25) is 4.84 Å². The molecule has 1 atom stereocenters. The molecule has 0 heterocycles. The van der Waals surface area contributed by atoms with Crippen molar-refractivity contribution < 1.29 is 15.1 Å². The second-order valence-corrected chi connectivity index (χ2v) is 2.65. The highest BCUT2D eigenvalue weighted by Gasteiger charge is 2.07. The summed E-state index contributed by atoms with van der Waals surface area (Å²) in [6.07, 6.45) is 5.64. The highest BCUT2D eigenvalue weighted by molar-refractivity contribution is 5.22. The lowest BCUT2D eigenvalue weighted by Gasteiger charge is -2.18. The Hall–Kier alpha value is -0.840. The fourth-order valence-corrected chi connectivity index (χ4v) is 1.06. The molecule has 1 aliphatic carbocycles. The zero-order chi connectivity index (χ0) is 8.97. The van der Waals surface area contributed by atoms with Crippen molar-refractivity contribution in [1.82, 2.24) is 0 Å². The zero-order valence-electron chi connectivity index (χ0n) is 7.29. The Bertz CT molecular complexity index is 210. The minimum atomic E-state index is -0.643. The van der Waals surface area contributed by atoms with Gasteiger partial charge in [-0.15, -0.1) is 0 Å². The SMILES string of the molecule is CO[NH+]([O-])OC1=CC(C)=CCC1. The van der Waals surface area contributed by atoms with Crippen LogP contribution in [-0.4, -0.2) is 7.11 Å². The second kappa shape index (κ2) is 4.25. The molecule has 1 rings (SSSR count). The predicted octanol–water partition coefficient (Wildman–Crippen LogP) is 0.486. The van der Waals surface area contributed by atoms with Crippen molar-refractivity contribution in [2.24, 2.45) is 0 Å². The van der Waals surface area contributed by atoms with Crippen molar-refractivity contribution in [2.45, 2.75) is 19.8 Å². The van der Waals surface area contributed by atoms with E-state index in [0.717, 1.165) is 18.4 Å². The van der Waals surface area contributed by atoms with Crippen molar-refractivity contribution in [3.8, 4) is 0 Å². The van der Waals surface area contributed by atoms with Crippen molar-refractivity contribution in [1.29, 1.82) is 0 Å². The van der Waals surface area contributed by atoms with Gasteiger partial charge in [0.15, 0.2) is 5.76 Å². The maximum Gasteiger partial charge on any atom is 0.172 e. The van der Waals surface area contributed by atoms with Crippen LogP contribution in [0.3, 0.4) is 0 Å². The molecule has 0 radical (unpaired) electrons. The van der Waals surface area contributed by atoms with E-state index < -0.39 is 5.39 Å². The molecular weight excluding hydrogens is 158 g/mol. The van der Waals surface area contributed by atoms with E-state index in [2.05, 4.69) is 10.9 Å². The Morgan fingerprint density at radius 1 is 1.58 bits per heavy atom. The highest BCUT2D eigenvalue weighted by atomic mass is 17.1. The van der Waals surface area contributed by atoms with E-state index in [-0.39, 0.29) is 0 Å². The van der Waals surface area contributed by atoms with E-state index in [1.807, 2.05) is 13.0 Å². The average Bonchev–Trinajstić information content (AvgIpc) is 2.04. The van der Waals surface area contributed by atoms with E-state index in [4.69, 9.17) is 4.84 Å². The topological polar surface area (TPSA) is 46.0 Å². The van der Waals surface area contributed by atoms with E-state index >= 15 is 0 Å². The molecule has 0 aromatic carbocycles. The summed E-state index contributed by atoms with van der Waals surface area (Å²) in [4.78, 5) is 9.24. The monoisotopic (exact) mass is 171 g/mol. The largest absolute Gasteiger partial charge is 0.556 e. The quantitative estimate of drug-likeness (QED) is 0.628. The number of allylic oxidation sites excluding steroid dienone is 4. The molecule has 0 saturated carbocycles. The van der Waals surface area contributed by atoms with E-state index in [9.17, 15) is 5.21 Å². The molecule has 0 amide bonds. The lowest BCUT2D eigenvalue weighted by Crippen LogP contribution is -3.04. The van der Waals surface area contributed by atoms with E-state index in [0.29, 0.717) is 5.76 Å². The van der Waals surface area contributed by atoms with Crippen LogP contribution in [0.5, 0.6) is 0 Å². The second-order valence-electron chi connectivity index (χ2n) is 2.65. The summed E-state index contributed by atoms with van der Waals surface area (Å²) in [6, 6.07) is 0. The molecule has 1 N–H and O–H groups in total. The van der Waals surface area contributed by atoms with Gasteiger partial charge in [0.25, 0.3) is 0 Å². The van der Waals surface area contributed by atoms with Crippen LogP contribution in [0.25, 0.3) is 0 Å². The molecule has 4 nitrogen and oxygen atoms in total. The minimum absolute atomic E-state index is 0.643. The normalized spacial score (nSPS) is 19.6. The first-order chi connectivity index (χ1) is 5.72. The van der Waals surface area contributed by atoms with Crippen molar-refractivity contribution in [3.63, 3.8) is 0 Å². The Morgan fingerprint density at radius 3 is 2.92 bits per heavy atom. The standard InChI is InChI=1S/C8H13NO3/c1-7-4-3-5-8(6-7)12-9(10)11-2/h4,6,9H,3,5H2,1-2H3. The van der Waals surface area contributed by atoms with Gasteiger partial charge in [-0.1, -0.05) is 11.6 Å². The van der Waals surface area contributed by atoms with Gasteiger partial charge in [0.2, 0.25) is 0 Å². The van der Waals surface area contributed by atoms with Gasteiger partial charge >= 0.3 is 0 Å². The molecule has 68 valence electrons. The number of rotatable bonds is 3. The number of hydrogen-bond donors (Lipinski definition) is 1. The first kappa shape index (κ1) is 9.25. The zero-order valence-corrected chi connectivity index (χ0v) is 7.29. The summed E-state index contributed by atoms with van der Waals surface area (Å²) < 4.78 is 0. The van der Waals surface area contributed by atoms with Crippen molar-refractivity contribution in [2.75, 3.05) is 7.11 Å². The van der Waals surface area contributed by atoms with Gasteiger partial charge in [0.1, 0.15) is 7.11 Å². The molecule has 1 unspecified atom stereocenters. The Balaban J connectivity index is 2.47. The van der Waals surface area contributed by atoms with Crippen LogP contribution in [0.15, 0.2) is 23.5 Å². The summed E-state index contributed by atoms with van der Waals surface area (Å²) >= 11 is 0. The third-order valence-corrected chi connectivity index (χ3v) is 1.63. The van der Waals surface area contributed by atoms with Gasteiger partial charge in [-0.2, -0.15) is 4.84 Å². The number of nitrogens with one attached hydrogen (secondary N) is 1. The van der Waals surface area contributed by atoms with Gasteiger partial charge in [-0.25, -0.2) is 0 Å². The average molecular weight is 171 g/mol. The molecule has 0 bridgehead atoms. The van der Waals surface area contributed by atoms with Gasteiger partial charge in [-0.05, 0) is 24.8 Å². The smallest absolute Gasteiger partial charge is 0.172 e. The Morgan fingerprint density at radius 2 is 2.33 bits per heavy atom. The maximum absolute atomic E-state index is 10.7. The van der Waals surface area contributed by atoms with Crippen molar-refractivity contribution >= 4 is 0 Å². The van der Waals surface area contributed by atoms with Gasteiger partial charge in [0.05, 0.1) is 0 Å². The van der Waals surface area contributed by atoms with E-state index in [1.54, 1.807) is 0 Å². The Labute approximate surface area is 71.6 Å². The molecule has 0 aromatic heterocycles. The van der Waals surface area contributed by atoms with Gasteiger partial charge in [0, 0.05) is 6.42 Å². The van der Waals surface area contributed by atoms with Crippen LogP contribution < -0.4 is 5.39 Å². The molecular formula is C8H13NO3. The summed E-state index contributed by atoms with van der Waals surface area (Å²) in [6.45, 7) is 1.97. The van der Waals surface area contributed by atoms with Crippen LogP contribution >= 0.6 is 0 Å². The molecule has 4 heteroatoms. The molecule has 0 aliphatic heterocycles. The molecule has 0 aromatic rings. The lowest BCUT2D eigenvalue weighted by molar-refractivity contribution is -1.20. The maximum atomic E-state index is 10.7. The summed E-state index contributed by atoms with van der Waals surface area (Å²) in [7, 11) is 1.30. The van der Waals surface area contributed by atoms with Crippen LogP contribution in [-0.2, 0) is 9.68 Å². The minimum Gasteiger partial charge on any atom is -0.556 e. The summed E-state index contributed by atoms with van der Waals surface area (Å²) in [5.74, 6) is 0.682. The molecule has 0 fully saturated rings. The third kappa shape index (κ3) is 2.65. The van der Waals surface area contributed by atoms with Crippen LogP contribution in [0.2, 0.25) is 0 Å². The van der Waals surface area contributed by atoms with Crippen LogP contribution in [0, 0.1) is 5.21 Å². The number of quaternary nitrogens is 1. The predicted molar refractivity (Wildman–Crippen MR) is 43.5 cm³/mol. The fourth-order valence-electron chi connectivity index (χ4n) is 1.06. The molecule has 0 saturated heterocycles. The lowest BCUT2D eigenvalue weighted by atomic mass is 10.1. The number of hydrogen-bond acceptors (Lipinski definition) is 3. The first-order valence-corrected chi connectivity index (χ1v) is 3.85. The van der Waals surface area contributed by atoms with Crippen LogP contribution in [0.1, 0.15) is 19.8 Å². The highest BCUT2D eigenvalue weighted by Crippen LogP contribution is 2.15. The Kier molecular flexibility index (Phi) is 3.28. The molecule has 1 aliphatic rings. The third-order valence-electron chi connectivity index (χ3n) is 1.63. The van der Waals surface area contributed by atoms with E-state index in [1.165, 1.54) is 7.11 Å². The first-order valence-electron chi connectivity index (χ1n) is 3.85.